The number of hydrogen-bond acceptors (Lipinski definition) is 3. The van der Waals surface area contributed by atoms with Crippen LogP contribution in [-0.4, -0.2) is 38.0 Å². The van der Waals surface area contributed by atoms with Crippen molar-refractivity contribution in [3.05, 3.63) is 29.0 Å². The predicted molar refractivity (Wildman–Crippen MR) is 86.0 cm³/mol. The van der Waals surface area contributed by atoms with Crippen molar-refractivity contribution in [3.63, 3.8) is 0 Å². The Balaban J connectivity index is 2.58. The Bertz CT molecular complexity index is 623. The van der Waals surface area contributed by atoms with Gasteiger partial charge in [-0.2, -0.15) is 0 Å². The highest BCUT2D eigenvalue weighted by atomic mass is 35.5. The van der Waals surface area contributed by atoms with Crippen molar-refractivity contribution in [2.75, 3.05) is 24.7 Å². The van der Waals surface area contributed by atoms with Crippen molar-refractivity contribution in [1.82, 2.24) is 4.31 Å². The van der Waals surface area contributed by atoms with Crippen LogP contribution in [0.3, 0.4) is 0 Å². The summed E-state index contributed by atoms with van der Waals surface area (Å²) in [4.78, 5) is 11.8. The first kappa shape index (κ1) is 18.9. The third kappa shape index (κ3) is 6.29. The molecule has 22 heavy (non-hydrogen) atoms. The fourth-order valence-corrected chi connectivity index (χ4v) is 2.87. The number of carbonyl (C=O) groups excluding carboxylic acids is 1. The first-order valence-electron chi connectivity index (χ1n) is 6.94. The second-order valence-corrected chi connectivity index (χ2v) is 7.33. The summed E-state index contributed by atoms with van der Waals surface area (Å²) in [5, 5.41) is 2.48. The summed E-state index contributed by atoms with van der Waals surface area (Å²) in [6.07, 6.45) is 2.75. The summed E-state index contributed by atoms with van der Waals surface area (Å²) >= 11 is 5.63. The molecule has 0 spiro atoms. The summed E-state index contributed by atoms with van der Waals surface area (Å²) < 4.78 is 37.6. The Kier molecular flexibility index (Phi) is 7.25. The van der Waals surface area contributed by atoms with Crippen LogP contribution >= 0.6 is 11.6 Å². The maximum Gasteiger partial charge on any atom is 0.225 e. The molecule has 1 rings (SSSR count). The van der Waals surface area contributed by atoms with Gasteiger partial charge in [0.15, 0.2) is 0 Å². The summed E-state index contributed by atoms with van der Waals surface area (Å²) in [7, 11) is -3.34. The molecule has 0 aliphatic rings. The molecule has 1 N–H and O–H groups in total. The quantitative estimate of drug-likeness (QED) is 0.784. The van der Waals surface area contributed by atoms with Crippen molar-refractivity contribution in [3.8, 4) is 0 Å². The predicted octanol–water partition coefficient (Wildman–Crippen LogP) is 2.87. The minimum Gasteiger partial charge on any atom is -0.326 e. The van der Waals surface area contributed by atoms with Gasteiger partial charge >= 0.3 is 0 Å². The second kappa shape index (κ2) is 8.45. The Morgan fingerprint density at radius 3 is 2.59 bits per heavy atom. The largest absolute Gasteiger partial charge is 0.326 e. The van der Waals surface area contributed by atoms with Gasteiger partial charge in [0.05, 0.1) is 11.3 Å². The van der Waals surface area contributed by atoms with Crippen LogP contribution in [0.1, 0.15) is 26.2 Å². The summed E-state index contributed by atoms with van der Waals surface area (Å²) in [6, 6.07) is 3.85. The van der Waals surface area contributed by atoms with Gasteiger partial charge < -0.3 is 5.32 Å². The van der Waals surface area contributed by atoms with Crippen molar-refractivity contribution in [2.24, 2.45) is 0 Å². The maximum atomic E-state index is 13.0. The van der Waals surface area contributed by atoms with Crippen molar-refractivity contribution in [2.45, 2.75) is 26.2 Å². The fourth-order valence-electron chi connectivity index (χ4n) is 1.80. The van der Waals surface area contributed by atoms with Gasteiger partial charge in [0.25, 0.3) is 0 Å². The highest BCUT2D eigenvalue weighted by Gasteiger charge is 2.17. The van der Waals surface area contributed by atoms with Crippen LogP contribution < -0.4 is 5.32 Å². The third-order valence-electron chi connectivity index (χ3n) is 3.02. The standard InChI is InChI=1S/C14H20ClFN2O3S/c1-3-4-8-18(22(2,20)21)9-7-14(19)17-11-5-6-13(16)12(15)10-11/h5-6,10H,3-4,7-9H2,1-2H3,(H,17,19). The molecule has 0 saturated carbocycles. The monoisotopic (exact) mass is 350 g/mol. The van der Waals surface area contributed by atoms with Crippen LogP contribution in [0.15, 0.2) is 18.2 Å². The molecule has 0 fully saturated rings. The molecule has 0 heterocycles. The van der Waals surface area contributed by atoms with Gasteiger partial charge in [-0.05, 0) is 24.6 Å². The number of rotatable bonds is 8. The molecule has 0 unspecified atom stereocenters. The molecule has 124 valence electrons. The maximum absolute atomic E-state index is 13.0. The average Bonchev–Trinajstić information content (AvgIpc) is 2.41. The lowest BCUT2D eigenvalue weighted by atomic mass is 10.3. The van der Waals surface area contributed by atoms with Gasteiger partial charge in [-0.25, -0.2) is 17.1 Å². The number of nitrogens with zero attached hydrogens (tertiary/aromatic N) is 1. The molecule has 0 saturated heterocycles. The number of unbranched alkanes of at least 4 members (excludes halogenated alkanes) is 1. The van der Waals surface area contributed by atoms with Crippen LogP contribution in [0, 0.1) is 5.82 Å². The number of halogens is 2. The third-order valence-corrected chi connectivity index (χ3v) is 4.61. The van der Waals surface area contributed by atoms with Crippen LogP contribution in [0.25, 0.3) is 0 Å². The zero-order chi connectivity index (χ0) is 16.8. The van der Waals surface area contributed by atoms with E-state index in [1.807, 2.05) is 6.92 Å². The molecule has 8 heteroatoms. The highest BCUT2D eigenvalue weighted by molar-refractivity contribution is 7.88. The lowest BCUT2D eigenvalue weighted by molar-refractivity contribution is -0.116. The second-order valence-electron chi connectivity index (χ2n) is 4.94. The van der Waals surface area contributed by atoms with E-state index >= 15 is 0 Å². The SMILES string of the molecule is CCCCN(CCC(=O)Nc1ccc(F)c(Cl)c1)S(C)(=O)=O. The zero-order valence-corrected chi connectivity index (χ0v) is 14.2. The van der Waals surface area contributed by atoms with Gasteiger partial charge in [0.2, 0.25) is 15.9 Å². The highest BCUT2D eigenvalue weighted by Crippen LogP contribution is 2.19. The van der Waals surface area contributed by atoms with Crippen molar-refractivity contribution in [1.29, 1.82) is 0 Å². The molecule has 0 bridgehead atoms. The molecular formula is C14H20ClFN2O3S. The van der Waals surface area contributed by atoms with Crippen molar-refractivity contribution >= 4 is 33.2 Å². The molecule has 0 aromatic heterocycles. The van der Waals surface area contributed by atoms with E-state index < -0.39 is 15.8 Å². The van der Waals surface area contributed by atoms with Gasteiger partial charge in [-0.3, -0.25) is 4.79 Å². The number of benzene rings is 1. The van der Waals surface area contributed by atoms with E-state index in [1.54, 1.807) is 0 Å². The summed E-state index contributed by atoms with van der Waals surface area (Å²) in [5.41, 5.74) is 0.371. The smallest absolute Gasteiger partial charge is 0.225 e. The van der Waals surface area contributed by atoms with Crippen LogP contribution in [0.4, 0.5) is 10.1 Å². The molecule has 0 atom stereocenters. The lowest BCUT2D eigenvalue weighted by Crippen LogP contribution is -2.33. The van der Waals surface area contributed by atoms with E-state index in [1.165, 1.54) is 16.4 Å². The van der Waals surface area contributed by atoms with Gasteiger partial charge in [0.1, 0.15) is 5.82 Å². The Hall–Kier alpha value is -1.18. The van der Waals surface area contributed by atoms with E-state index in [4.69, 9.17) is 11.6 Å². The first-order chi connectivity index (χ1) is 10.2. The minimum atomic E-state index is -3.34. The molecule has 1 aromatic rings. The Labute approximate surface area is 135 Å². The van der Waals surface area contributed by atoms with Crippen LogP contribution in [0.5, 0.6) is 0 Å². The van der Waals surface area contributed by atoms with Gasteiger partial charge in [-0.15, -0.1) is 0 Å². The normalized spacial score (nSPS) is 11.7. The van der Waals surface area contributed by atoms with Crippen LogP contribution in [-0.2, 0) is 14.8 Å². The van der Waals surface area contributed by atoms with E-state index in [0.29, 0.717) is 12.2 Å². The van der Waals surface area contributed by atoms with E-state index in [0.717, 1.165) is 25.2 Å². The molecule has 1 amide bonds. The first-order valence-corrected chi connectivity index (χ1v) is 9.16. The van der Waals surface area contributed by atoms with Crippen molar-refractivity contribution < 1.29 is 17.6 Å². The van der Waals surface area contributed by atoms with Gasteiger partial charge in [0, 0.05) is 25.2 Å². The Morgan fingerprint density at radius 1 is 1.36 bits per heavy atom. The summed E-state index contributed by atoms with van der Waals surface area (Å²) in [6.45, 7) is 2.47. The number of sulfonamides is 1. The topological polar surface area (TPSA) is 66.5 Å². The van der Waals surface area contributed by atoms with Crippen LogP contribution in [0.2, 0.25) is 5.02 Å². The van der Waals surface area contributed by atoms with E-state index in [-0.39, 0.29) is 23.9 Å². The number of hydrogen-bond donors (Lipinski definition) is 1. The molecule has 5 nitrogen and oxygen atoms in total. The number of carbonyl (C=O) groups is 1. The lowest BCUT2D eigenvalue weighted by Gasteiger charge is -2.19. The van der Waals surface area contributed by atoms with E-state index in [2.05, 4.69) is 5.32 Å². The Morgan fingerprint density at radius 2 is 2.05 bits per heavy atom. The average molecular weight is 351 g/mol. The van der Waals surface area contributed by atoms with Gasteiger partial charge in [-0.1, -0.05) is 24.9 Å². The number of anilines is 1. The zero-order valence-electron chi connectivity index (χ0n) is 12.6. The fraction of sp³-hybridized carbons (Fsp3) is 0.500. The molecule has 1 aromatic carbocycles. The minimum absolute atomic E-state index is 0.0196. The van der Waals surface area contributed by atoms with E-state index in [9.17, 15) is 17.6 Å². The number of nitrogens with one attached hydrogen (secondary N) is 1. The number of amides is 1. The molecule has 0 aliphatic carbocycles. The molecule has 0 aliphatic heterocycles. The molecular weight excluding hydrogens is 331 g/mol. The summed E-state index contributed by atoms with van der Waals surface area (Å²) in [5.74, 6) is -0.921. The molecule has 0 radical (unpaired) electrons.